The fourth-order valence-corrected chi connectivity index (χ4v) is 3.14. The largest absolute Gasteiger partial charge is 0.348 e. The minimum absolute atomic E-state index is 0.0322. The van der Waals surface area contributed by atoms with E-state index in [4.69, 9.17) is 28.3 Å². The molecule has 3 rings (SSSR count). The highest BCUT2D eigenvalue weighted by molar-refractivity contribution is 6.42. The molecule has 29 heavy (non-hydrogen) atoms. The van der Waals surface area contributed by atoms with Crippen LogP contribution in [0.15, 0.2) is 42.5 Å². The van der Waals surface area contributed by atoms with Crippen molar-refractivity contribution in [2.45, 2.75) is 40.7 Å². The van der Waals surface area contributed by atoms with Gasteiger partial charge < -0.3 is 5.32 Å². The molecule has 1 aromatic heterocycles. The summed E-state index contributed by atoms with van der Waals surface area (Å²) < 4.78 is 1.62. The van der Waals surface area contributed by atoms with Gasteiger partial charge in [0.2, 0.25) is 0 Å². The quantitative estimate of drug-likeness (QED) is 0.521. The van der Waals surface area contributed by atoms with E-state index in [9.17, 15) is 4.79 Å². The molecule has 1 N–H and O–H groups in total. The van der Waals surface area contributed by atoms with Crippen LogP contribution in [0.3, 0.4) is 0 Å². The predicted octanol–water partition coefficient (Wildman–Crippen LogP) is 6.24. The van der Waals surface area contributed by atoms with Crippen molar-refractivity contribution in [3.05, 3.63) is 69.3 Å². The summed E-state index contributed by atoms with van der Waals surface area (Å²) in [5.74, 6) is 0.138. The number of rotatable bonds is 5. The summed E-state index contributed by atoms with van der Waals surface area (Å²) in [6, 6.07) is 13.2. The molecule has 0 aliphatic carbocycles. The summed E-state index contributed by atoms with van der Waals surface area (Å²) in [6.07, 6.45) is 0. The van der Waals surface area contributed by atoms with Gasteiger partial charge in [0.05, 0.1) is 21.4 Å². The number of benzene rings is 2. The molecular weight excluding hydrogens is 405 g/mol. The molecule has 0 fully saturated rings. The third kappa shape index (κ3) is 4.65. The van der Waals surface area contributed by atoms with Gasteiger partial charge in [-0.25, -0.2) is 4.68 Å². The highest BCUT2D eigenvalue weighted by Gasteiger charge is 2.20. The van der Waals surface area contributed by atoms with E-state index in [2.05, 4.69) is 45.1 Å². The maximum absolute atomic E-state index is 13.0. The van der Waals surface area contributed by atoms with E-state index in [0.29, 0.717) is 27.3 Å². The highest BCUT2D eigenvalue weighted by atomic mass is 35.5. The average molecular weight is 430 g/mol. The molecule has 2 aromatic carbocycles. The Hall–Kier alpha value is -2.30. The number of nitrogens with zero attached hydrogens (tertiary/aromatic N) is 2. The van der Waals surface area contributed by atoms with E-state index in [1.165, 1.54) is 11.1 Å². The Bertz CT molecular complexity index is 1060. The SMILES string of the molecule is Cc1ccc(-c2cc(C(=O)NC(C)C(C)C)n(-c3ccc(Cl)c(Cl)c3)n2)cc1C. The lowest BCUT2D eigenvalue weighted by atomic mass is 10.0. The van der Waals surface area contributed by atoms with E-state index < -0.39 is 0 Å². The van der Waals surface area contributed by atoms with Crippen molar-refractivity contribution in [3.63, 3.8) is 0 Å². The summed E-state index contributed by atoms with van der Waals surface area (Å²) >= 11 is 12.3. The third-order valence-corrected chi connectivity index (χ3v) is 5.99. The van der Waals surface area contributed by atoms with Crippen LogP contribution in [0.4, 0.5) is 0 Å². The Morgan fingerprint density at radius 3 is 2.31 bits per heavy atom. The van der Waals surface area contributed by atoms with Gasteiger partial charge >= 0.3 is 0 Å². The van der Waals surface area contributed by atoms with Crippen LogP contribution in [0.1, 0.15) is 42.4 Å². The fraction of sp³-hybridized carbons (Fsp3) is 0.304. The normalized spacial score (nSPS) is 12.3. The molecule has 1 atom stereocenters. The second-order valence-corrected chi connectivity index (χ2v) is 8.54. The maximum atomic E-state index is 13.0. The summed E-state index contributed by atoms with van der Waals surface area (Å²) in [5, 5.41) is 8.64. The molecule has 0 radical (unpaired) electrons. The van der Waals surface area contributed by atoms with Gasteiger partial charge in [-0.05, 0) is 68.1 Å². The van der Waals surface area contributed by atoms with Crippen molar-refractivity contribution in [1.29, 1.82) is 0 Å². The molecule has 6 heteroatoms. The van der Waals surface area contributed by atoms with E-state index >= 15 is 0 Å². The lowest BCUT2D eigenvalue weighted by Gasteiger charge is -2.17. The predicted molar refractivity (Wildman–Crippen MR) is 120 cm³/mol. The number of carbonyl (C=O) groups excluding carboxylic acids is 1. The molecular formula is C23H25Cl2N3O. The van der Waals surface area contributed by atoms with E-state index in [-0.39, 0.29) is 11.9 Å². The zero-order valence-corrected chi connectivity index (χ0v) is 18.8. The Balaban J connectivity index is 2.11. The van der Waals surface area contributed by atoms with Crippen LogP contribution in [-0.4, -0.2) is 21.7 Å². The first-order valence-electron chi connectivity index (χ1n) is 9.61. The molecule has 0 aliphatic heterocycles. The lowest BCUT2D eigenvalue weighted by Crippen LogP contribution is -2.37. The van der Waals surface area contributed by atoms with Crippen LogP contribution in [0.25, 0.3) is 16.9 Å². The van der Waals surface area contributed by atoms with Crippen LogP contribution < -0.4 is 5.32 Å². The summed E-state index contributed by atoms with van der Waals surface area (Å²) in [7, 11) is 0. The minimum atomic E-state index is -0.181. The van der Waals surface area contributed by atoms with Gasteiger partial charge in [0.1, 0.15) is 5.69 Å². The Morgan fingerprint density at radius 2 is 1.69 bits per heavy atom. The monoisotopic (exact) mass is 429 g/mol. The van der Waals surface area contributed by atoms with Crippen LogP contribution in [0.2, 0.25) is 10.0 Å². The smallest absolute Gasteiger partial charge is 0.270 e. The van der Waals surface area contributed by atoms with E-state index in [0.717, 1.165) is 11.3 Å². The first-order valence-corrected chi connectivity index (χ1v) is 10.4. The van der Waals surface area contributed by atoms with Crippen molar-refractivity contribution in [1.82, 2.24) is 15.1 Å². The van der Waals surface area contributed by atoms with Crippen molar-refractivity contribution >= 4 is 29.1 Å². The Kier molecular flexibility index (Phi) is 6.35. The summed E-state index contributed by atoms with van der Waals surface area (Å²) in [5.41, 5.74) is 5.19. The molecule has 3 aromatic rings. The first-order chi connectivity index (χ1) is 13.7. The molecule has 0 aliphatic rings. The number of amides is 1. The maximum Gasteiger partial charge on any atom is 0.270 e. The van der Waals surface area contributed by atoms with Crippen LogP contribution in [-0.2, 0) is 0 Å². The number of nitrogens with one attached hydrogen (secondary N) is 1. The Labute approximate surface area is 181 Å². The molecule has 1 heterocycles. The van der Waals surface area contributed by atoms with Gasteiger partial charge in [-0.2, -0.15) is 5.10 Å². The average Bonchev–Trinajstić information content (AvgIpc) is 3.11. The highest BCUT2D eigenvalue weighted by Crippen LogP contribution is 2.28. The van der Waals surface area contributed by atoms with Crippen LogP contribution in [0.5, 0.6) is 0 Å². The van der Waals surface area contributed by atoms with Gasteiger partial charge in [-0.15, -0.1) is 0 Å². The van der Waals surface area contributed by atoms with Crippen LogP contribution >= 0.6 is 23.2 Å². The Morgan fingerprint density at radius 1 is 0.966 bits per heavy atom. The second kappa shape index (κ2) is 8.60. The number of hydrogen-bond acceptors (Lipinski definition) is 2. The molecule has 0 spiro atoms. The number of carbonyl (C=O) groups is 1. The van der Waals surface area contributed by atoms with Crippen molar-refractivity contribution in [2.75, 3.05) is 0 Å². The van der Waals surface area contributed by atoms with Gasteiger partial charge in [-0.1, -0.05) is 49.2 Å². The van der Waals surface area contributed by atoms with E-state index in [1.54, 1.807) is 22.9 Å². The van der Waals surface area contributed by atoms with Crippen molar-refractivity contribution < 1.29 is 4.79 Å². The van der Waals surface area contributed by atoms with Gasteiger partial charge in [0.15, 0.2) is 0 Å². The van der Waals surface area contributed by atoms with Crippen LogP contribution in [0, 0.1) is 19.8 Å². The molecule has 0 saturated carbocycles. The van der Waals surface area contributed by atoms with Gasteiger partial charge in [0, 0.05) is 11.6 Å². The topological polar surface area (TPSA) is 46.9 Å². The first kappa shape index (κ1) is 21.4. The minimum Gasteiger partial charge on any atom is -0.348 e. The number of hydrogen-bond donors (Lipinski definition) is 1. The third-order valence-electron chi connectivity index (χ3n) is 5.25. The number of aryl methyl sites for hydroxylation is 2. The molecule has 1 amide bonds. The number of halogens is 2. The van der Waals surface area contributed by atoms with E-state index in [1.807, 2.05) is 19.1 Å². The van der Waals surface area contributed by atoms with Crippen molar-refractivity contribution in [3.8, 4) is 16.9 Å². The standard InChI is InChI=1S/C23H25Cl2N3O/c1-13(2)16(5)26-23(29)22-12-21(17-7-6-14(3)15(4)10-17)27-28(22)18-8-9-19(24)20(25)11-18/h6-13,16H,1-5H3,(H,26,29). The zero-order chi connectivity index (χ0) is 21.3. The summed E-state index contributed by atoms with van der Waals surface area (Å²) in [6.45, 7) is 10.3. The van der Waals surface area contributed by atoms with Gasteiger partial charge in [-0.3, -0.25) is 4.79 Å². The lowest BCUT2D eigenvalue weighted by molar-refractivity contribution is 0.0922. The molecule has 152 valence electrons. The molecule has 0 bridgehead atoms. The molecule has 0 saturated heterocycles. The molecule has 4 nitrogen and oxygen atoms in total. The second-order valence-electron chi connectivity index (χ2n) is 7.73. The molecule has 1 unspecified atom stereocenters. The van der Waals surface area contributed by atoms with Gasteiger partial charge in [0.25, 0.3) is 5.91 Å². The van der Waals surface area contributed by atoms with Crippen molar-refractivity contribution in [2.24, 2.45) is 5.92 Å². The number of aromatic nitrogens is 2. The summed E-state index contributed by atoms with van der Waals surface area (Å²) in [4.78, 5) is 13.0. The fourth-order valence-electron chi connectivity index (χ4n) is 2.85. The zero-order valence-electron chi connectivity index (χ0n) is 17.3.